The van der Waals surface area contributed by atoms with Crippen LogP contribution in [-0.2, 0) is 4.79 Å². The summed E-state index contributed by atoms with van der Waals surface area (Å²) < 4.78 is 0. The average Bonchev–Trinajstić information content (AvgIpc) is 2.66. The zero-order valence-electron chi connectivity index (χ0n) is 15.6. The maximum atomic E-state index is 12.3. The molecule has 3 rings (SSSR count). The molecule has 0 saturated heterocycles. The van der Waals surface area contributed by atoms with E-state index in [-0.39, 0.29) is 11.7 Å². The first-order valence-corrected chi connectivity index (χ1v) is 9.79. The Morgan fingerprint density at radius 3 is 2.70 bits per heavy atom. The summed E-state index contributed by atoms with van der Waals surface area (Å²) in [5.41, 5.74) is 4.36. The molecule has 1 aromatic heterocycles. The molecule has 0 aliphatic rings. The summed E-state index contributed by atoms with van der Waals surface area (Å²) in [6.45, 7) is 6.22. The van der Waals surface area contributed by atoms with Crippen LogP contribution in [0.4, 0.5) is 5.69 Å². The molecular formula is C22H21N3OS. The van der Waals surface area contributed by atoms with Crippen molar-refractivity contribution < 1.29 is 4.79 Å². The lowest BCUT2D eigenvalue weighted by Crippen LogP contribution is -2.15. The number of fused-ring (bicyclic) bond motifs is 1. The number of nitrogens with one attached hydrogen (secondary N) is 1. The fourth-order valence-electron chi connectivity index (χ4n) is 2.76. The molecule has 27 heavy (non-hydrogen) atoms. The lowest BCUT2D eigenvalue weighted by molar-refractivity contribution is -0.113. The number of carbonyl (C=O) groups is 1. The molecular weight excluding hydrogens is 354 g/mol. The van der Waals surface area contributed by atoms with Gasteiger partial charge in [-0.05, 0) is 48.2 Å². The number of benzene rings is 2. The van der Waals surface area contributed by atoms with Crippen molar-refractivity contribution in [1.82, 2.24) is 4.98 Å². The fraction of sp³-hybridized carbons (Fsp3) is 0.227. The van der Waals surface area contributed by atoms with E-state index in [1.54, 1.807) is 0 Å². The minimum Gasteiger partial charge on any atom is -0.325 e. The minimum atomic E-state index is -0.116. The third-order valence-corrected chi connectivity index (χ3v) is 5.34. The largest absolute Gasteiger partial charge is 0.325 e. The summed E-state index contributed by atoms with van der Waals surface area (Å²) in [6, 6.07) is 17.8. The van der Waals surface area contributed by atoms with Crippen molar-refractivity contribution in [3.63, 3.8) is 0 Å². The van der Waals surface area contributed by atoms with Crippen LogP contribution in [0.2, 0.25) is 0 Å². The van der Waals surface area contributed by atoms with E-state index in [1.807, 2.05) is 43.3 Å². The van der Waals surface area contributed by atoms with Crippen molar-refractivity contribution in [2.45, 2.75) is 31.7 Å². The zero-order valence-corrected chi connectivity index (χ0v) is 16.4. The highest BCUT2D eigenvalue weighted by molar-refractivity contribution is 8.00. The molecule has 2 aromatic carbocycles. The summed E-state index contributed by atoms with van der Waals surface area (Å²) >= 11 is 1.28. The van der Waals surface area contributed by atoms with E-state index in [1.165, 1.54) is 17.3 Å². The number of hydrogen-bond donors (Lipinski definition) is 1. The van der Waals surface area contributed by atoms with E-state index in [0.717, 1.165) is 22.2 Å². The first kappa shape index (κ1) is 18.9. The molecule has 0 fully saturated rings. The number of rotatable bonds is 5. The molecule has 136 valence electrons. The number of aromatic nitrogens is 1. The van der Waals surface area contributed by atoms with Crippen molar-refractivity contribution in [1.29, 1.82) is 5.26 Å². The number of aryl methyl sites for hydroxylation is 1. The molecule has 0 bridgehead atoms. The highest BCUT2D eigenvalue weighted by Crippen LogP contribution is 2.27. The van der Waals surface area contributed by atoms with Gasteiger partial charge in [0.15, 0.2) is 0 Å². The van der Waals surface area contributed by atoms with Gasteiger partial charge in [-0.15, -0.1) is 0 Å². The Kier molecular flexibility index (Phi) is 5.78. The highest BCUT2D eigenvalue weighted by atomic mass is 32.2. The Bertz CT molecular complexity index is 1040. The Labute approximate surface area is 163 Å². The van der Waals surface area contributed by atoms with Crippen LogP contribution in [0.25, 0.3) is 10.9 Å². The Hall–Kier alpha value is -2.84. The Morgan fingerprint density at radius 1 is 1.22 bits per heavy atom. The first-order valence-electron chi connectivity index (χ1n) is 8.81. The SMILES string of the molecule is Cc1ccccc1NC(=O)CSc1nc2ccc(C(C)C)cc2cc1C#N. The summed E-state index contributed by atoms with van der Waals surface area (Å²) in [5, 5.41) is 13.9. The van der Waals surface area contributed by atoms with Gasteiger partial charge in [-0.25, -0.2) is 4.98 Å². The predicted molar refractivity (Wildman–Crippen MR) is 111 cm³/mol. The zero-order chi connectivity index (χ0) is 19.4. The van der Waals surface area contributed by atoms with Crippen LogP contribution in [0.5, 0.6) is 0 Å². The third kappa shape index (κ3) is 4.47. The van der Waals surface area contributed by atoms with Gasteiger partial charge in [-0.3, -0.25) is 4.79 Å². The van der Waals surface area contributed by atoms with E-state index >= 15 is 0 Å². The number of anilines is 1. The molecule has 0 spiro atoms. The number of hydrogen-bond acceptors (Lipinski definition) is 4. The second-order valence-corrected chi connectivity index (χ2v) is 7.68. The van der Waals surface area contributed by atoms with Crippen LogP contribution in [0, 0.1) is 18.3 Å². The topological polar surface area (TPSA) is 65.8 Å². The van der Waals surface area contributed by atoms with E-state index < -0.39 is 0 Å². The number of carbonyl (C=O) groups excluding carboxylic acids is 1. The Morgan fingerprint density at radius 2 is 2.00 bits per heavy atom. The lowest BCUT2D eigenvalue weighted by atomic mass is 10.0. The van der Waals surface area contributed by atoms with Crippen LogP contribution in [0.3, 0.4) is 0 Å². The first-order chi connectivity index (χ1) is 13.0. The van der Waals surface area contributed by atoms with Gasteiger partial charge in [0.2, 0.25) is 5.91 Å². The third-order valence-electron chi connectivity index (χ3n) is 4.35. The van der Waals surface area contributed by atoms with E-state index in [2.05, 4.69) is 42.4 Å². The summed E-state index contributed by atoms with van der Waals surface area (Å²) in [7, 11) is 0. The highest BCUT2D eigenvalue weighted by Gasteiger charge is 2.12. The smallest absolute Gasteiger partial charge is 0.234 e. The second-order valence-electron chi connectivity index (χ2n) is 6.71. The van der Waals surface area contributed by atoms with Crippen LogP contribution >= 0.6 is 11.8 Å². The molecule has 0 saturated carbocycles. The van der Waals surface area contributed by atoms with Gasteiger partial charge in [0.25, 0.3) is 0 Å². The minimum absolute atomic E-state index is 0.116. The number of para-hydroxylation sites is 1. The van der Waals surface area contributed by atoms with Crippen LogP contribution in [-0.4, -0.2) is 16.6 Å². The van der Waals surface area contributed by atoms with E-state index in [0.29, 0.717) is 16.5 Å². The standard InChI is InChI=1S/C22H21N3OS/c1-14(2)16-8-9-20-17(10-16)11-18(12-23)22(25-20)27-13-21(26)24-19-7-5-4-6-15(19)3/h4-11,14H,13H2,1-3H3,(H,24,26). The maximum Gasteiger partial charge on any atom is 0.234 e. The van der Waals surface area contributed by atoms with E-state index in [9.17, 15) is 10.1 Å². The van der Waals surface area contributed by atoms with Gasteiger partial charge >= 0.3 is 0 Å². The average molecular weight is 375 g/mol. The molecule has 1 heterocycles. The molecule has 1 amide bonds. The van der Waals surface area contributed by atoms with Crippen molar-refractivity contribution in [3.8, 4) is 6.07 Å². The van der Waals surface area contributed by atoms with Gasteiger partial charge in [-0.1, -0.05) is 49.9 Å². The molecule has 0 radical (unpaired) electrons. The molecule has 3 aromatic rings. The number of thioether (sulfide) groups is 1. The number of pyridine rings is 1. The van der Waals surface area contributed by atoms with Crippen molar-refractivity contribution in [2.75, 3.05) is 11.1 Å². The predicted octanol–water partition coefficient (Wildman–Crippen LogP) is 5.27. The van der Waals surface area contributed by atoms with Crippen molar-refractivity contribution in [3.05, 3.63) is 65.2 Å². The summed E-state index contributed by atoms with van der Waals surface area (Å²) in [5.74, 6) is 0.500. The van der Waals surface area contributed by atoms with Gasteiger partial charge in [0, 0.05) is 11.1 Å². The number of nitrogens with zero attached hydrogens (tertiary/aromatic N) is 2. The monoisotopic (exact) mass is 375 g/mol. The molecule has 4 nitrogen and oxygen atoms in total. The lowest BCUT2D eigenvalue weighted by Gasteiger charge is -2.10. The van der Waals surface area contributed by atoms with Crippen molar-refractivity contribution >= 4 is 34.3 Å². The summed E-state index contributed by atoms with van der Waals surface area (Å²) in [4.78, 5) is 16.9. The molecule has 0 atom stereocenters. The van der Waals surface area contributed by atoms with Crippen LogP contribution < -0.4 is 5.32 Å². The number of nitriles is 1. The van der Waals surface area contributed by atoms with Gasteiger partial charge in [0.05, 0.1) is 16.8 Å². The molecule has 1 N–H and O–H groups in total. The molecule has 0 aliphatic carbocycles. The fourth-order valence-corrected chi connectivity index (χ4v) is 3.52. The quantitative estimate of drug-likeness (QED) is 0.617. The molecule has 5 heteroatoms. The molecule has 0 aliphatic heterocycles. The number of amides is 1. The van der Waals surface area contributed by atoms with Gasteiger partial charge in [-0.2, -0.15) is 5.26 Å². The second kappa shape index (κ2) is 8.24. The normalized spacial score (nSPS) is 10.8. The van der Waals surface area contributed by atoms with Gasteiger partial charge < -0.3 is 5.32 Å². The van der Waals surface area contributed by atoms with Crippen LogP contribution in [0.1, 0.15) is 36.5 Å². The maximum absolute atomic E-state index is 12.3. The van der Waals surface area contributed by atoms with E-state index in [4.69, 9.17) is 0 Å². The van der Waals surface area contributed by atoms with Gasteiger partial charge in [0.1, 0.15) is 11.1 Å². The Balaban J connectivity index is 1.78. The van der Waals surface area contributed by atoms with Crippen molar-refractivity contribution in [2.24, 2.45) is 0 Å². The molecule has 0 unspecified atom stereocenters. The summed E-state index contributed by atoms with van der Waals surface area (Å²) in [6.07, 6.45) is 0. The van der Waals surface area contributed by atoms with Crippen LogP contribution in [0.15, 0.2) is 53.6 Å².